The van der Waals surface area contributed by atoms with Crippen LogP contribution in [0, 0.1) is 0 Å². The zero-order chi connectivity index (χ0) is 19.1. The first-order valence-electron chi connectivity index (χ1n) is 8.99. The molecule has 0 aliphatic carbocycles. The van der Waals surface area contributed by atoms with Crippen molar-refractivity contribution in [1.82, 2.24) is 0 Å². The molecule has 2 unspecified atom stereocenters. The molecular weight excluding hydrogens is 338 g/mol. The van der Waals surface area contributed by atoms with E-state index in [-0.39, 0.29) is 25.7 Å². The van der Waals surface area contributed by atoms with Crippen molar-refractivity contribution in [1.29, 1.82) is 0 Å². The Balaban J connectivity index is 4.50. The molecule has 0 aromatic carbocycles. The summed E-state index contributed by atoms with van der Waals surface area (Å²) >= 11 is 0. The lowest BCUT2D eigenvalue weighted by Gasteiger charge is -2.27. The number of carbonyl (C=O) groups is 1. The highest BCUT2D eigenvalue weighted by molar-refractivity contribution is 5.69. The SMILES string of the molecule is CCCCOC(=O)CCC(C)(OOC(F)CCC)OOC(F)CCC. The number of esters is 1. The van der Waals surface area contributed by atoms with Gasteiger partial charge < -0.3 is 4.74 Å². The van der Waals surface area contributed by atoms with E-state index in [0.29, 0.717) is 19.4 Å². The van der Waals surface area contributed by atoms with Crippen molar-refractivity contribution in [3.63, 3.8) is 0 Å². The third-order valence-electron chi connectivity index (χ3n) is 3.23. The van der Waals surface area contributed by atoms with Crippen LogP contribution in [0.25, 0.3) is 0 Å². The van der Waals surface area contributed by atoms with Gasteiger partial charge in [0.2, 0.25) is 18.5 Å². The standard InChI is InChI=1S/C17H32F2O6/c1-5-8-13-21-16(20)11-12-17(4,24-22-14(18)9-6-2)25-23-15(19)10-7-3/h14-15H,5-13H2,1-4H3. The van der Waals surface area contributed by atoms with Crippen LogP contribution >= 0.6 is 0 Å². The second-order valence-corrected chi connectivity index (χ2v) is 5.96. The highest BCUT2D eigenvalue weighted by Crippen LogP contribution is 2.24. The maximum atomic E-state index is 13.4. The summed E-state index contributed by atoms with van der Waals surface area (Å²) in [5.74, 6) is -2.09. The number of halogens is 2. The van der Waals surface area contributed by atoms with Crippen molar-refractivity contribution in [2.75, 3.05) is 6.61 Å². The van der Waals surface area contributed by atoms with Crippen molar-refractivity contribution < 1.29 is 37.9 Å². The molecule has 0 aromatic heterocycles. The van der Waals surface area contributed by atoms with Crippen LogP contribution in [0.2, 0.25) is 0 Å². The molecular formula is C17H32F2O6. The molecule has 0 N–H and O–H groups in total. The highest BCUT2D eigenvalue weighted by atomic mass is 19.2. The summed E-state index contributed by atoms with van der Waals surface area (Å²) < 4.78 is 31.9. The Morgan fingerprint density at radius 1 is 0.960 bits per heavy atom. The van der Waals surface area contributed by atoms with E-state index in [1.54, 1.807) is 13.8 Å². The molecule has 0 saturated carbocycles. The van der Waals surface area contributed by atoms with Crippen LogP contribution in [0.15, 0.2) is 0 Å². The summed E-state index contributed by atoms with van der Waals surface area (Å²) in [6, 6.07) is 0. The number of hydrogen-bond donors (Lipinski definition) is 0. The molecule has 0 amide bonds. The predicted molar refractivity (Wildman–Crippen MR) is 87.5 cm³/mol. The van der Waals surface area contributed by atoms with Crippen molar-refractivity contribution in [3.05, 3.63) is 0 Å². The zero-order valence-corrected chi connectivity index (χ0v) is 15.7. The van der Waals surface area contributed by atoms with E-state index in [4.69, 9.17) is 14.5 Å². The van der Waals surface area contributed by atoms with Crippen LogP contribution in [0.1, 0.15) is 79.1 Å². The molecule has 0 aliphatic heterocycles. The monoisotopic (exact) mass is 370 g/mol. The number of unbranched alkanes of at least 4 members (excludes halogenated alkanes) is 1. The molecule has 25 heavy (non-hydrogen) atoms. The number of carbonyl (C=O) groups excluding carboxylic acids is 1. The molecule has 2 atom stereocenters. The van der Waals surface area contributed by atoms with Crippen LogP contribution in [0.3, 0.4) is 0 Å². The van der Waals surface area contributed by atoms with Crippen LogP contribution in [-0.4, -0.2) is 31.1 Å². The molecule has 0 aromatic rings. The van der Waals surface area contributed by atoms with E-state index in [1.807, 2.05) is 6.92 Å². The van der Waals surface area contributed by atoms with Gasteiger partial charge in [0.15, 0.2) is 0 Å². The van der Waals surface area contributed by atoms with Crippen LogP contribution in [-0.2, 0) is 29.1 Å². The summed E-state index contributed by atoms with van der Waals surface area (Å²) in [5.41, 5.74) is 0. The summed E-state index contributed by atoms with van der Waals surface area (Å²) in [6.45, 7) is 7.27. The smallest absolute Gasteiger partial charge is 0.305 e. The van der Waals surface area contributed by atoms with Crippen molar-refractivity contribution in [3.8, 4) is 0 Å². The number of ether oxygens (including phenoxy) is 1. The summed E-state index contributed by atoms with van der Waals surface area (Å²) in [4.78, 5) is 30.8. The zero-order valence-electron chi connectivity index (χ0n) is 15.7. The molecule has 0 radical (unpaired) electrons. The Morgan fingerprint density at radius 2 is 1.48 bits per heavy atom. The van der Waals surface area contributed by atoms with E-state index >= 15 is 0 Å². The first kappa shape index (κ1) is 24.2. The third kappa shape index (κ3) is 13.1. The average Bonchev–Trinajstić information content (AvgIpc) is 2.58. The highest BCUT2D eigenvalue weighted by Gasteiger charge is 2.33. The van der Waals surface area contributed by atoms with E-state index < -0.39 is 24.5 Å². The van der Waals surface area contributed by atoms with Crippen molar-refractivity contribution >= 4 is 5.97 Å². The quantitative estimate of drug-likeness (QED) is 0.126. The lowest BCUT2D eigenvalue weighted by atomic mass is 10.2. The number of alkyl halides is 2. The fourth-order valence-corrected chi connectivity index (χ4v) is 1.69. The summed E-state index contributed by atoms with van der Waals surface area (Å²) in [6.07, 6.45) is -0.348. The van der Waals surface area contributed by atoms with Gasteiger partial charge in [-0.1, -0.05) is 40.0 Å². The molecule has 0 saturated heterocycles. The molecule has 0 aliphatic rings. The minimum absolute atomic E-state index is 0.0460. The van der Waals surface area contributed by atoms with Gasteiger partial charge in [-0.15, -0.1) is 0 Å². The minimum Gasteiger partial charge on any atom is -0.466 e. The van der Waals surface area contributed by atoms with Crippen LogP contribution in [0.4, 0.5) is 8.78 Å². The largest absolute Gasteiger partial charge is 0.466 e. The Labute approximate surface area is 148 Å². The summed E-state index contributed by atoms with van der Waals surface area (Å²) in [7, 11) is 0. The molecule has 0 fully saturated rings. The predicted octanol–water partition coefficient (Wildman–Crippen LogP) is 4.91. The van der Waals surface area contributed by atoms with Crippen molar-refractivity contribution in [2.24, 2.45) is 0 Å². The Kier molecular flexibility index (Phi) is 13.9. The maximum Gasteiger partial charge on any atom is 0.305 e. The Morgan fingerprint density at radius 3 is 1.92 bits per heavy atom. The molecule has 0 heterocycles. The van der Waals surface area contributed by atoms with Gasteiger partial charge in [-0.05, 0) is 13.3 Å². The Bertz CT molecular complexity index is 327. The first-order chi connectivity index (χ1) is 11.9. The van der Waals surface area contributed by atoms with Gasteiger partial charge in [-0.3, -0.25) is 4.79 Å². The minimum atomic E-state index is -1.65. The maximum absolute atomic E-state index is 13.4. The second-order valence-electron chi connectivity index (χ2n) is 5.96. The lowest BCUT2D eigenvalue weighted by Crippen LogP contribution is -2.35. The van der Waals surface area contributed by atoms with Crippen LogP contribution in [0.5, 0.6) is 0 Å². The number of hydrogen-bond acceptors (Lipinski definition) is 6. The van der Waals surface area contributed by atoms with Gasteiger partial charge in [0.05, 0.1) is 13.0 Å². The first-order valence-corrected chi connectivity index (χ1v) is 8.99. The van der Waals surface area contributed by atoms with E-state index in [1.165, 1.54) is 6.92 Å². The van der Waals surface area contributed by atoms with E-state index in [2.05, 4.69) is 9.78 Å². The fourth-order valence-electron chi connectivity index (χ4n) is 1.69. The molecule has 0 bridgehead atoms. The van der Waals surface area contributed by atoms with Crippen LogP contribution < -0.4 is 0 Å². The average molecular weight is 370 g/mol. The topological polar surface area (TPSA) is 63.2 Å². The summed E-state index contributed by atoms with van der Waals surface area (Å²) in [5, 5.41) is 0. The normalized spacial score (nSPS) is 16.2. The molecule has 0 spiro atoms. The van der Waals surface area contributed by atoms with Gasteiger partial charge in [-0.2, -0.15) is 19.6 Å². The van der Waals surface area contributed by atoms with Crippen molar-refractivity contribution in [2.45, 2.75) is 97.6 Å². The van der Waals surface area contributed by atoms with E-state index in [0.717, 1.165) is 12.8 Å². The van der Waals surface area contributed by atoms with E-state index in [9.17, 15) is 13.6 Å². The molecule has 0 rings (SSSR count). The lowest BCUT2D eigenvalue weighted by molar-refractivity contribution is -0.537. The Hall–Kier alpha value is -0.830. The van der Waals surface area contributed by atoms with Gasteiger partial charge in [-0.25, -0.2) is 8.78 Å². The van der Waals surface area contributed by atoms with Gasteiger partial charge in [0.25, 0.3) is 0 Å². The molecule has 8 heteroatoms. The molecule has 150 valence electrons. The fraction of sp³-hybridized carbons (Fsp3) is 0.941. The van der Waals surface area contributed by atoms with Gasteiger partial charge in [0.1, 0.15) is 0 Å². The second kappa shape index (κ2) is 14.4. The number of rotatable bonds is 16. The van der Waals surface area contributed by atoms with Gasteiger partial charge >= 0.3 is 5.97 Å². The molecule has 6 nitrogen and oxygen atoms in total. The third-order valence-corrected chi connectivity index (χ3v) is 3.23. The van der Waals surface area contributed by atoms with Gasteiger partial charge in [0, 0.05) is 19.3 Å².